The first-order valence-corrected chi connectivity index (χ1v) is 13.3. The minimum Gasteiger partial charge on any atom is -0.450 e. The molecule has 0 saturated carbocycles. The third-order valence-corrected chi connectivity index (χ3v) is 6.41. The number of nitro benzene ring substituents is 3. The van der Waals surface area contributed by atoms with Gasteiger partial charge in [0, 0.05) is 37.0 Å². The zero-order valence-corrected chi connectivity index (χ0v) is 22.9. The maximum Gasteiger partial charge on any atom is 0.318 e. The number of non-ortho nitro benzene ring substituents is 2. The Morgan fingerprint density at radius 1 is 0.795 bits per heavy atom. The Hall–Kier alpha value is -6.26. The maximum absolute atomic E-state index is 11.4. The van der Waals surface area contributed by atoms with Gasteiger partial charge in [0.15, 0.2) is 0 Å². The van der Waals surface area contributed by atoms with E-state index in [0.717, 1.165) is 44.5 Å². The number of hydrogen-bond acceptors (Lipinski definition) is 14. The molecule has 0 aliphatic carbocycles. The van der Waals surface area contributed by atoms with Gasteiger partial charge in [-0.05, 0) is 55.2 Å². The number of piperidine rings is 1. The molecule has 0 amide bonds. The number of hydrogen-bond donors (Lipinski definition) is 2. The van der Waals surface area contributed by atoms with Crippen LogP contribution in [0.1, 0.15) is 24.8 Å². The second-order valence-corrected chi connectivity index (χ2v) is 9.47. The fourth-order valence-electron chi connectivity index (χ4n) is 4.30. The van der Waals surface area contributed by atoms with Crippen LogP contribution in [0, 0.1) is 30.3 Å². The van der Waals surface area contributed by atoms with Crippen molar-refractivity contribution in [3.05, 3.63) is 103 Å². The van der Waals surface area contributed by atoms with Crippen molar-refractivity contribution < 1.29 is 19.5 Å². The van der Waals surface area contributed by atoms with Crippen LogP contribution in [0.15, 0.2) is 71.8 Å². The molecule has 1 fully saturated rings. The molecule has 0 spiro atoms. The molecule has 5 rings (SSSR count). The zero-order valence-electron chi connectivity index (χ0n) is 22.9. The van der Waals surface area contributed by atoms with Crippen LogP contribution >= 0.6 is 0 Å². The molecule has 2 N–H and O–H groups in total. The average Bonchev–Trinajstić information content (AvgIpc) is 3.02. The molecule has 0 unspecified atom stereocenters. The number of benzene rings is 3. The van der Waals surface area contributed by atoms with Gasteiger partial charge in [0.2, 0.25) is 23.6 Å². The normalized spacial score (nSPS) is 13.0. The minimum absolute atomic E-state index is 0.0441. The highest BCUT2D eigenvalue weighted by Crippen LogP contribution is 2.34. The molecule has 17 heteroatoms. The zero-order chi connectivity index (χ0) is 31.1. The van der Waals surface area contributed by atoms with E-state index in [9.17, 15) is 30.3 Å². The highest BCUT2D eigenvalue weighted by molar-refractivity contribution is 5.80. The standard InChI is InChI=1S/C27H24N10O7/c38-35(39)20-9-7-19(8-10-20)29-25-30-26(32-27(31-25)34-13-2-1-3-14-34)33-28-17-18-5-4-6-22(15-18)44-24-12-11-21(36(40)41)16-23(24)37(42)43/h4-12,15-17H,1-3,13-14H2,(H2,29,30,31,32,33)/b28-17-. The Balaban J connectivity index is 1.33. The van der Waals surface area contributed by atoms with Crippen LogP contribution in [-0.2, 0) is 0 Å². The number of ether oxygens (including phenoxy) is 1. The molecule has 4 aromatic rings. The van der Waals surface area contributed by atoms with Crippen LogP contribution < -0.4 is 20.4 Å². The summed E-state index contributed by atoms with van der Waals surface area (Å²) in [4.78, 5) is 46.9. The molecule has 2 heterocycles. The number of rotatable bonds is 11. The van der Waals surface area contributed by atoms with E-state index in [4.69, 9.17) is 4.74 Å². The summed E-state index contributed by atoms with van der Waals surface area (Å²) in [5.41, 5.74) is 2.89. The molecule has 3 aromatic carbocycles. The number of nitro groups is 3. The lowest BCUT2D eigenvalue weighted by molar-refractivity contribution is -0.394. The third kappa shape index (κ3) is 7.32. The van der Waals surface area contributed by atoms with Crippen molar-refractivity contribution in [2.24, 2.45) is 5.10 Å². The quantitative estimate of drug-likeness (QED) is 0.122. The predicted molar refractivity (Wildman–Crippen MR) is 160 cm³/mol. The first-order valence-electron chi connectivity index (χ1n) is 13.3. The van der Waals surface area contributed by atoms with Crippen LogP contribution in [0.2, 0.25) is 0 Å². The van der Waals surface area contributed by atoms with E-state index in [2.05, 4.69) is 30.8 Å². The second kappa shape index (κ2) is 13.1. The van der Waals surface area contributed by atoms with Crippen molar-refractivity contribution in [2.75, 3.05) is 28.7 Å². The molecule has 0 atom stereocenters. The van der Waals surface area contributed by atoms with E-state index in [-0.39, 0.29) is 29.1 Å². The summed E-state index contributed by atoms with van der Waals surface area (Å²) in [6.07, 6.45) is 4.58. The Kier molecular flexibility index (Phi) is 8.74. The summed E-state index contributed by atoms with van der Waals surface area (Å²) in [5, 5.41) is 40.7. The van der Waals surface area contributed by atoms with Gasteiger partial charge in [-0.15, -0.1) is 0 Å². The maximum atomic E-state index is 11.4. The summed E-state index contributed by atoms with van der Waals surface area (Å²) in [5.74, 6) is 0.897. The summed E-state index contributed by atoms with van der Waals surface area (Å²) in [6.45, 7) is 1.56. The van der Waals surface area contributed by atoms with Crippen molar-refractivity contribution in [2.45, 2.75) is 19.3 Å². The van der Waals surface area contributed by atoms with Crippen molar-refractivity contribution in [3.63, 3.8) is 0 Å². The van der Waals surface area contributed by atoms with Crippen LogP contribution in [0.3, 0.4) is 0 Å². The largest absolute Gasteiger partial charge is 0.450 e. The third-order valence-electron chi connectivity index (χ3n) is 6.41. The SMILES string of the molecule is O=[N+]([O-])c1ccc(Nc2nc(N/N=C\c3cccc(Oc4ccc([N+](=O)[O-])cc4[N+](=O)[O-])c3)nc(N3CCCCC3)n2)cc1. The fraction of sp³-hybridized carbons (Fsp3) is 0.185. The molecule has 224 valence electrons. The molecule has 17 nitrogen and oxygen atoms in total. The monoisotopic (exact) mass is 600 g/mol. The minimum atomic E-state index is -0.755. The van der Waals surface area contributed by atoms with Gasteiger partial charge in [0.25, 0.3) is 11.4 Å². The van der Waals surface area contributed by atoms with E-state index in [1.165, 1.54) is 24.4 Å². The highest BCUT2D eigenvalue weighted by atomic mass is 16.6. The number of nitrogens with one attached hydrogen (secondary N) is 2. The lowest BCUT2D eigenvalue weighted by Gasteiger charge is -2.26. The Bertz CT molecular complexity index is 1730. The van der Waals surface area contributed by atoms with Gasteiger partial charge in [-0.3, -0.25) is 30.3 Å². The van der Waals surface area contributed by atoms with Crippen molar-refractivity contribution in [1.82, 2.24) is 15.0 Å². The van der Waals surface area contributed by atoms with Gasteiger partial charge < -0.3 is 15.0 Å². The van der Waals surface area contributed by atoms with Crippen molar-refractivity contribution >= 4 is 46.8 Å². The first kappa shape index (κ1) is 29.2. The Labute approximate surface area is 248 Å². The molecule has 44 heavy (non-hydrogen) atoms. The van der Waals surface area contributed by atoms with Crippen LogP contribution in [0.5, 0.6) is 11.5 Å². The Morgan fingerprint density at radius 2 is 1.50 bits per heavy atom. The van der Waals surface area contributed by atoms with Gasteiger partial charge in [-0.1, -0.05) is 12.1 Å². The van der Waals surface area contributed by atoms with Crippen LogP contribution in [0.4, 0.5) is 40.6 Å². The molecule has 1 aliphatic heterocycles. The summed E-state index contributed by atoms with van der Waals surface area (Å²) in [6, 6.07) is 15.5. The summed E-state index contributed by atoms with van der Waals surface area (Å²) >= 11 is 0. The molecular formula is C27H24N10O7. The van der Waals surface area contributed by atoms with E-state index in [1.54, 1.807) is 36.4 Å². The van der Waals surface area contributed by atoms with Gasteiger partial charge >= 0.3 is 5.69 Å². The smallest absolute Gasteiger partial charge is 0.318 e. The fourth-order valence-corrected chi connectivity index (χ4v) is 4.30. The molecule has 1 saturated heterocycles. The summed E-state index contributed by atoms with van der Waals surface area (Å²) < 4.78 is 5.66. The second-order valence-electron chi connectivity index (χ2n) is 9.47. The predicted octanol–water partition coefficient (Wildman–Crippen LogP) is 5.57. The van der Waals surface area contributed by atoms with E-state index in [1.807, 2.05) is 4.90 Å². The van der Waals surface area contributed by atoms with Crippen LogP contribution in [-0.4, -0.2) is 49.0 Å². The molecular weight excluding hydrogens is 576 g/mol. The van der Waals surface area contributed by atoms with E-state index in [0.29, 0.717) is 17.2 Å². The lowest BCUT2D eigenvalue weighted by Crippen LogP contribution is -2.31. The van der Waals surface area contributed by atoms with E-state index < -0.39 is 26.1 Å². The number of nitrogens with zero attached hydrogens (tertiary/aromatic N) is 8. The van der Waals surface area contributed by atoms with Gasteiger partial charge in [-0.2, -0.15) is 20.1 Å². The Morgan fingerprint density at radius 3 is 2.20 bits per heavy atom. The number of aromatic nitrogens is 3. The van der Waals surface area contributed by atoms with Gasteiger partial charge in [0.05, 0.1) is 27.1 Å². The molecule has 0 radical (unpaired) electrons. The first-order chi connectivity index (χ1) is 21.2. The van der Waals surface area contributed by atoms with Crippen molar-refractivity contribution in [1.29, 1.82) is 0 Å². The van der Waals surface area contributed by atoms with Gasteiger partial charge in [-0.25, -0.2) is 5.43 Å². The lowest BCUT2D eigenvalue weighted by atomic mass is 10.1. The van der Waals surface area contributed by atoms with Crippen LogP contribution in [0.25, 0.3) is 0 Å². The van der Waals surface area contributed by atoms with Gasteiger partial charge in [0.1, 0.15) is 5.75 Å². The summed E-state index contributed by atoms with van der Waals surface area (Å²) in [7, 11) is 0. The van der Waals surface area contributed by atoms with Crippen molar-refractivity contribution in [3.8, 4) is 11.5 Å². The average molecular weight is 601 g/mol. The molecule has 1 aromatic heterocycles. The molecule has 1 aliphatic rings. The number of hydrazone groups is 1. The highest BCUT2D eigenvalue weighted by Gasteiger charge is 2.21. The van der Waals surface area contributed by atoms with E-state index >= 15 is 0 Å². The number of anilines is 4. The topological polar surface area (TPSA) is 217 Å². The molecule has 0 bridgehead atoms.